The Morgan fingerprint density at radius 1 is 1.24 bits per heavy atom. The molecule has 25 heavy (non-hydrogen) atoms. The Kier molecular flexibility index (Phi) is 4.51. The molecule has 2 aromatic carbocycles. The molecule has 0 unspecified atom stereocenters. The van der Waals surface area contributed by atoms with Crippen LogP contribution in [0.15, 0.2) is 41.2 Å². The van der Waals surface area contributed by atoms with E-state index < -0.39 is 11.5 Å². The SMILES string of the molecule is CCc1cc(O)ccc1OCc1c(F)cccc1-n1nnn(C)c1=O. The molecule has 0 fully saturated rings. The Balaban J connectivity index is 1.96. The van der Waals surface area contributed by atoms with Crippen molar-refractivity contribution in [2.75, 3.05) is 0 Å². The van der Waals surface area contributed by atoms with Crippen molar-refractivity contribution in [3.8, 4) is 17.2 Å². The van der Waals surface area contributed by atoms with E-state index >= 15 is 0 Å². The second-order valence-corrected chi connectivity index (χ2v) is 5.47. The maximum atomic E-state index is 14.3. The molecule has 0 spiro atoms. The highest BCUT2D eigenvalue weighted by Crippen LogP contribution is 2.26. The average molecular weight is 344 g/mol. The molecule has 130 valence electrons. The lowest BCUT2D eigenvalue weighted by atomic mass is 10.1. The number of aryl methyl sites for hydroxylation is 2. The van der Waals surface area contributed by atoms with E-state index in [1.807, 2.05) is 6.92 Å². The number of aromatic nitrogens is 4. The van der Waals surface area contributed by atoms with Gasteiger partial charge in [-0.25, -0.2) is 9.18 Å². The summed E-state index contributed by atoms with van der Waals surface area (Å²) < 4.78 is 22.2. The molecule has 1 heterocycles. The molecule has 1 aromatic heterocycles. The van der Waals surface area contributed by atoms with Crippen molar-refractivity contribution >= 4 is 0 Å². The summed E-state index contributed by atoms with van der Waals surface area (Å²) in [5.41, 5.74) is 0.787. The molecule has 3 rings (SSSR count). The van der Waals surface area contributed by atoms with Gasteiger partial charge < -0.3 is 9.84 Å². The number of halogens is 1. The summed E-state index contributed by atoms with van der Waals surface area (Å²) in [5, 5.41) is 16.9. The van der Waals surface area contributed by atoms with Gasteiger partial charge in [-0.3, -0.25) is 0 Å². The van der Waals surface area contributed by atoms with Crippen molar-refractivity contribution in [1.82, 2.24) is 19.8 Å². The number of rotatable bonds is 5. The van der Waals surface area contributed by atoms with Crippen LogP contribution in [-0.4, -0.2) is 24.9 Å². The minimum absolute atomic E-state index is 0.0944. The molecule has 0 saturated carbocycles. The predicted octanol–water partition coefficient (Wildman–Crippen LogP) is 1.95. The molecule has 3 aromatic rings. The molecule has 0 radical (unpaired) electrons. The Labute approximate surface area is 142 Å². The molecular formula is C17H17FN4O3. The monoisotopic (exact) mass is 344 g/mol. The number of ether oxygens (including phenoxy) is 1. The van der Waals surface area contributed by atoms with Gasteiger partial charge >= 0.3 is 5.69 Å². The number of hydrogen-bond acceptors (Lipinski definition) is 5. The van der Waals surface area contributed by atoms with E-state index in [4.69, 9.17) is 4.74 Å². The van der Waals surface area contributed by atoms with Gasteiger partial charge in [-0.15, -0.1) is 0 Å². The van der Waals surface area contributed by atoms with Crippen molar-refractivity contribution in [3.63, 3.8) is 0 Å². The van der Waals surface area contributed by atoms with E-state index in [-0.39, 0.29) is 23.6 Å². The first kappa shape index (κ1) is 16.7. The number of hydrogen-bond donors (Lipinski definition) is 1. The number of aromatic hydroxyl groups is 1. The zero-order chi connectivity index (χ0) is 18.0. The second kappa shape index (κ2) is 6.76. The lowest BCUT2D eigenvalue weighted by molar-refractivity contribution is 0.295. The van der Waals surface area contributed by atoms with E-state index in [1.54, 1.807) is 18.2 Å². The molecule has 0 aliphatic rings. The molecule has 8 heteroatoms. The topological polar surface area (TPSA) is 82.2 Å². The van der Waals surface area contributed by atoms with E-state index in [9.17, 15) is 14.3 Å². The van der Waals surface area contributed by atoms with E-state index in [1.165, 1.54) is 25.2 Å². The summed E-state index contributed by atoms with van der Waals surface area (Å²) in [7, 11) is 1.46. The highest BCUT2D eigenvalue weighted by molar-refractivity contribution is 5.42. The van der Waals surface area contributed by atoms with Crippen molar-refractivity contribution in [3.05, 3.63) is 63.8 Å². The van der Waals surface area contributed by atoms with Crippen LogP contribution >= 0.6 is 0 Å². The van der Waals surface area contributed by atoms with Crippen molar-refractivity contribution < 1.29 is 14.2 Å². The van der Waals surface area contributed by atoms with E-state index in [0.717, 1.165) is 14.9 Å². The number of nitrogens with zero attached hydrogens (tertiary/aromatic N) is 4. The zero-order valence-electron chi connectivity index (χ0n) is 13.8. The van der Waals surface area contributed by atoms with Crippen LogP contribution in [0.4, 0.5) is 4.39 Å². The van der Waals surface area contributed by atoms with Crippen molar-refractivity contribution in [1.29, 1.82) is 0 Å². The molecule has 0 aliphatic heterocycles. The van der Waals surface area contributed by atoms with Gasteiger partial charge in [0.05, 0.1) is 11.3 Å². The fourth-order valence-electron chi connectivity index (χ4n) is 2.49. The second-order valence-electron chi connectivity index (χ2n) is 5.47. The van der Waals surface area contributed by atoms with Crippen LogP contribution in [0, 0.1) is 5.82 Å². The number of phenols is 1. The Morgan fingerprint density at radius 3 is 2.72 bits per heavy atom. The number of benzene rings is 2. The first-order chi connectivity index (χ1) is 12.0. The molecule has 0 aliphatic carbocycles. The van der Waals surface area contributed by atoms with E-state index in [2.05, 4.69) is 10.4 Å². The van der Waals surface area contributed by atoms with Crippen molar-refractivity contribution in [2.24, 2.45) is 7.05 Å². The predicted molar refractivity (Wildman–Crippen MR) is 88.4 cm³/mol. The van der Waals surface area contributed by atoms with Gasteiger partial charge in [0.2, 0.25) is 0 Å². The number of phenolic OH excluding ortho intramolecular Hbond substituents is 1. The smallest absolute Gasteiger partial charge is 0.368 e. The van der Waals surface area contributed by atoms with Crippen LogP contribution in [-0.2, 0) is 20.1 Å². The summed E-state index contributed by atoms with van der Waals surface area (Å²) >= 11 is 0. The van der Waals surface area contributed by atoms with Crippen LogP contribution < -0.4 is 10.4 Å². The Bertz CT molecular complexity index is 965. The normalized spacial score (nSPS) is 10.8. The molecule has 1 N–H and O–H groups in total. The fourth-order valence-corrected chi connectivity index (χ4v) is 2.49. The van der Waals surface area contributed by atoms with Crippen LogP contribution in [0.3, 0.4) is 0 Å². The minimum atomic E-state index is -0.508. The molecule has 7 nitrogen and oxygen atoms in total. The van der Waals surface area contributed by atoms with E-state index in [0.29, 0.717) is 12.2 Å². The van der Waals surface area contributed by atoms with Crippen LogP contribution in [0.2, 0.25) is 0 Å². The zero-order valence-corrected chi connectivity index (χ0v) is 13.8. The van der Waals surface area contributed by atoms with Gasteiger partial charge in [-0.05, 0) is 52.7 Å². The quantitative estimate of drug-likeness (QED) is 0.765. The number of tetrazole rings is 1. The molecular weight excluding hydrogens is 327 g/mol. The van der Waals surface area contributed by atoms with Gasteiger partial charge in [0.15, 0.2) is 0 Å². The summed E-state index contributed by atoms with van der Waals surface area (Å²) in [6.45, 7) is 1.83. The van der Waals surface area contributed by atoms with Gasteiger partial charge in [0.1, 0.15) is 23.9 Å². The average Bonchev–Trinajstić information content (AvgIpc) is 2.93. The molecule has 0 saturated heterocycles. The Hall–Kier alpha value is -3.16. The lowest BCUT2D eigenvalue weighted by Gasteiger charge is -2.13. The summed E-state index contributed by atoms with van der Waals surface area (Å²) in [4.78, 5) is 12.1. The first-order valence-corrected chi connectivity index (χ1v) is 7.72. The summed E-state index contributed by atoms with van der Waals surface area (Å²) in [6.07, 6.45) is 0.650. The Morgan fingerprint density at radius 2 is 2.04 bits per heavy atom. The highest BCUT2D eigenvalue weighted by atomic mass is 19.1. The third kappa shape index (κ3) is 3.23. The van der Waals surface area contributed by atoms with Gasteiger partial charge in [0, 0.05) is 7.05 Å². The van der Waals surface area contributed by atoms with Crippen LogP contribution in [0.25, 0.3) is 5.69 Å². The van der Waals surface area contributed by atoms with Crippen molar-refractivity contribution in [2.45, 2.75) is 20.0 Å². The maximum Gasteiger partial charge on any atom is 0.368 e. The molecule has 0 amide bonds. The van der Waals surface area contributed by atoms with Gasteiger partial charge in [0.25, 0.3) is 0 Å². The first-order valence-electron chi connectivity index (χ1n) is 7.72. The maximum absolute atomic E-state index is 14.3. The highest BCUT2D eigenvalue weighted by Gasteiger charge is 2.16. The van der Waals surface area contributed by atoms with Gasteiger partial charge in [-0.2, -0.15) is 9.36 Å². The van der Waals surface area contributed by atoms with Crippen LogP contribution in [0.1, 0.15) is 18.1 Å². The summed E-state index contributed by atoms with van der Waals surface area (Å²) in [5.74, 6) is 0.176. The standard InChI is InChI=1S/C17H17FN4O3/c1-3-11-9-12(23)7-8-16(11)25-10-13-14(18)5-4-6-15(13)22-17(24)21(2)19-20-22/h4-9,23H,3,10H2,1-2H3. The molecule has 0 atom stereocenters. The largest absolute Gasteiger partial charge is 0.508 e. The third-order valence-corrected chi connectivity index (χ3v) is 3.84. The third-order valence-electron chi connectivity index (χ3n) is 3.84. The molecule has 0 bridgehead atoms. The van der Waals surface area contributed by atoms with Gasteiger partial charge in [-0.1, -0.05) is 13.0 Å². The lowest BCUT2D eigenvalue weighted by Crippen LogP contribution is -2.23. The summed E-state index contributed by atoms with van der Waals surface area (Å²) in [6, 6.07) is 9.10. The minimum Gasteiger partial charge on any atom is -0.508 e. The fraction of sp³-hybridized carbons (Fsp3) is 0.235. The van der Waals surface area contributed by atoms with Crippen LogP contribution in [0.5, 0.6) is 11.5 Å².